The lowest BCUT2D eigenvalue weighted by Gasteiger charge is -2.31. The Balaban J connectivity index is 1.31. The smallest absolute Gasteiger partial charge is 0.313 e. The Bertz CT molecular complexity index is 1180. The van der Waals surface area contributed by atoms with Crippen molar-refractivity contribution in [3.05, 3.63) is 93.0 Å². The highest BCUT2D eigenvalue weighted by atomic mass is 19.1. The molecule has 0 unspecified atom stereocenters. The normalized spacial score (nSPS) is 15.0. The van der Waals surface area contributed by atoms with Gasteiger partial charge in [-0.05, 0) is 68.7 Å². The van der Waals surface area contributed by atoms with Crippen LogP contribution in [0.25, 0.3) is 11.1 Å². The topological polar surface area (TPSA) is 75.2 Å². The van der Waals surface area contributed by atoms with Crippen molar-refractivity contribution in [2.75, 3.05) is 19.6 Å². The van der Waals surface area contributed by atoms with Crippen molar-refractivity contribution < 1.29 is 9.18 Å². The number of piperidine rings is 1. The Labute approximate surface area is 185 Å². The van der Waals surface area contributed by atoms with Crippen LogP contribution in [0.4, 0.5) is 4.39 Å². The average molecular weight is 435 g/mol. The lowest BCUT2D eigenvalue weighted by atomic mass is 9.89. The van der Waals surface area contributed by atoms with Gasteiger partial charge in [-0.2, -0.15) is 0 Å². The molecule has 32 heavy (non-hydrogen) atoms. The Hall–Kier alpha value is -3.32. The van der Waals surface area contributed by atoms with Gasteiger partial charge in [-0.15, -0.1) is 0 Å². The van der Waals surface area contributed by atoms with E-state index in [0.29, 0.717) is 24.1 Å². The standard InChI is InChI=1S/C25H26FN3O3/c26-21-9-7-19(8-10-21)23(30)20-11-15-28(16-12-20)13-4-14-29-24(31)22(17-27-25(29)32)18-5-2-1-3-6-18/h1-3,5-10,17,20H,4,11-16H2,(H,27,32). The maximum Gasteiger partial charge on any atom is 0.328 e. The van der Waals surface area contributed by atoms with E-state index in [2.05, 4.69) is 9.88 Å². The van der Waals surface area contributed by atoms with Crippen molar-refractivity contribution in [3.8, 4) is 11.1 Å². The molecule has 2 heterocycles. The van der Waals surface area contributed by atoms with Gasteiger partial charge in [-0.1, -0.05) is 30.3 Å². The Morgan fingerprint density at radius 3 is 2.34 bits per heavy atom. The van der Waals surface area contributed by atoms with Crippen molar-refractivity contribution in [2.24, 2.45) is 5.92 Å². The number of hydrogen-bond donors (Lipinski definition) is 1. The molecular formula is C25H26FN3O3. The minimum atomic E-state index is -0.404. The first-order valence-corrected chi connectivity index (χ1v) is 10.9. The zero-order chi connectivity index (χ0) is 22.5. The fourth-order valence-corrected chi connectivity index (χ4v) is 4.26. The number of nitrogens with zero attached hydrogens (tertiary/aromatic N) is 2. The van der Waals surface area contributed by atoms with Crippen molar-refractivity contribution >= 4 is 5.78 Å². The molecule has 2 aromatic carbocycles. The Kier molecular flexibility index (Phi) is 6.75. The summed E-state index contributed by atoms with van der Waals surface area (Å²) in [6, 6.07) is 15.0. The third kappa shape index (κ3) is 4.94. The molecule has 1 N–H and O–H groups in total. The first-order chi connectivity index (χ1) is 15.5. The fourth-order valence-electron chi connectivity index (χ4n) is 4.26. The highest BCUT2D eigenvalue weighted by molar-refractivity contribution is 5.97. The van der Waals surface area contributed by atoms with Crippen molar-refractivity contribution in [1.82, 2.24) is 14.5 Å². The molecule has 0 aliphatic carbocycles. The third-order valence-corrected chi connectivity index (χ3v) is 6.09. The maximum absolute atomic E-state index is 13.1. The van der Waals surface area contributed by atoms with Gasteiger partial charge in [0.25, 0.3) is 5.56 Å². The lowest BCUT2D eigenvalue weighted by molar-refractivity contribution is 0.0838. The molecular weight excluding hydrogens is 409 g/mol. The predicted octanol–water partition coefficient (Wildman–Crippen LogP) is 3.33. The molecule has 1 aliphatic rings. The van der Waals surface area contributed by atoms with Crippen LogP contribution in [-0.4, -0.2) is 39.9 Å². The van der Waals surface area contributed by atoms with Crippen LogP contribution in [0.15, 0.2) is 70.4 Å². The van der Waals surface area contributed by atoms with Crippen LogP contribution in [-0.2, 0) is 6.54 Å². The molecule has 7 heteroatoms. The first-order valence-electron chi connectivity index (χ1n) is 10.9. The molecule has 0 atom stereocenters. The SMILES string of the molecule is O=C(c1ccc(F)cc1)C1CCN(CCCn2c(=O)[nH]cc(-c3ccccc3)c2=O)CC1. The minimum Gasteiger partial charge on any atom is -0.313 e. The van der Waals surface area contributed by atoms with Gasteiger partial charge in [0.2, 0.25) is 0 Å². The number of ketones is 1. The maximum atomic E-state index is 13.1. The number of likely N-dealkylation sites (tertiary alicyclic amines) is 1. The molecule has 166 valence electrons. The monoisotopic (exact) mass is 435 g/mol. The highest BCUT2D eigenvalue weighted by Crippen LogP contribution is 2.22. The third-order valence-electron chi connectivity index (χ3n) is 6.09. The van der Waals surface area contributed by atoms with Gasteiger partial charge >= 0.3 is 5.69 Å². The second kappa shape index (κ2) is 9.87. The van der Waals surface area contributed by atoms with Gasteiger partial charge in [0, 0.05) is 24.2 Å². The lowest BCUT2D eigenvalue weighted by Crippen LogP contribution is -2.39. The molecule has 0 saturated carbocycles. The van der Waals surface area contributed by atoms with Gasteiger partial charge in [0.15, 0.2) is 5.78 Å². The molecule has 0 amide bonds. The number of carbonyl (C=O) groups excluding carboxylic acids is 1. The van der Waals surface area contributed by atoms with Crippen LogP contribution in [0, 0.1) is 11.7 Å². The van der Waals surface area contributed by atoms with E-state index in [1.165, 1.54) is 22.9 Å². The zero-order valence-corrected chi connectivity index (χ0v) is 17.8. The van der Waals surface area contributed by atoms with E-state index in [0.717, 1.165) is 38.0 Å². The van der Waals surface area contributed by atoms with Gasteiger partial charge in [-0.3, -0.25) is 14.2 Å². The molecule has 4 rings (SSSR count). The first kappa shape index (κ1) is 21.9. The molecule has 0 bridgehead atoms. The number of hydrogen-bond acceptors (Lipinski definition) is 4. The number of nitrogens with one attached hydrogen (secondary N) is 1. The summed E-state index contributed by atoms with van der Waals surface area (Å²) in [5, 5.41) is 0. The van der Waals surface area contributed by atoms with E-state index in [1.807, 2.05) is 30.3 Å². The quantitative estimate of drug-likeness (QED) is 0.578. The molecule has 1 saturated heterocycles. The number of Topliss-reactive ketones (excluding diaryl/α,β-unsaturated/α-hetero) is 1. The van der Waals surface area contributed by atoms with E-state index < -0.39 is 5.69 Å². The average Bonchev–Trinajstić information content (AvgIpc) is 2.82. The molecule has 0 spiro atoms. The van der Waals surface area contributed by atoms with E-state index in [9.17, 15) is 18.8 Å². The number of aromatic amines is 1. The van der Waals surface area contributed by atoms with Gasteiger partial charge in [0.05, 0.1) is 5.56 Å². The van der Waals surface area contributed by atoms with E-state index in [1.54, 1.807) is 12.1 Å². The molecule has 1 aromatic heterocycles. The number of carbonyl (C=O) groups is 1. The van der Waals surface area contributed by atoms with Crippen LogP contribution >= 0.6 is 0 Å². The summed E-state index contributed by atoms with van der Waals surface area (Å²) < 4.78 is 14.3. The van der Waals surface area contributed by atoms with E-state index >= 15 is 0 Å². The number of H-pyrrole nitrogens is 1. The zero-order valence-electron chi connectivity index (χ0n) is 17.8. The second-order valence-corrected chi connectivity index (χ2v) is 8.17. The number of benzene rings is 2. The summed E-state index contributed by atoms with van der Waals surface area (Å²) in [5.41, 5.74) is 1.12. The molecule has 0 radical (unpaired) electrons. The number of rotatable bonds is 7. The molecule has 1 aliphatic heterocycles. The van der Waals surface area contributed by atoms with E-state index in [-0.39, 0.29) is 23.1 Å². The van der Waals surface area contributed by atoms with E-state index in [4.69, 9.17) is 0 Å². The summed E-state index contributed by atoms with van der Waals surface area (Å²) in [7, 11) is 0. The fraction of sp³-hybridized carbons (Fsp3) is 0.320. The molecule has 3 aromatic rings. The predicted molar refractivity (Wildman–Crippen MR) is 121 cm³/mol. The van der Waals surface area contributed by atoms with Gasteiger partial charge in [0.1, 0.15) is 5.82 Å². The van der Waals surface area contributed by atoms with Crippen LogP contribution in [0.5, 0.6) is 0 Å². The summed E-state index contributed by atoms with van der Waals surface area (Å²) in [6.45, 7) is 2.65. The Morgan fingerprint density at radius 1 is 0.969 bits per heavy atom. The molecule has 1 fully saturated rings. The second-order valence-electron chi connectivity index (χ2n) is 8.17. The van der Waals surface area contributed by atoms with Crippen LogP contribution < -0.4 is 11.2 Å². The van der Waals surface area contributed by atoms with Crippen LogP contribution in [0.1, 0.15) is 29.6 Å². The Morgan fingerprint density at radius 2 is 1.66 bits per heavy atom. The summed E-state index contributed by atoms with van der Waals surface area (Å²) in [6.07, 6.45) is 3.64. The van der Waals surface area contributed by atoms with Crippen LogP contribution in [0.3, 0.4) is 0 Å². The van der Waals surface area contributed by atoms with Gasteiger partial charge < -0.3 is 9.88 Å². The summed E-state index contributed by atoms with van der Waals surface area (Å²) in [5.74, 6) is -0.325. The van der Waals surface area contributed by atoms with Crippen molar-refractivity contribution in [3.63, 3.8) is 0 Å². The van der Waals surface area contributed by atoms with Gasteiger partial charge in [-0.25, -0.2) is 9.18 Å². The van der Waals surface area contributed by atoms with Crippen molar-refractivity contribution in [2.45, 2.75) is 25.8 Å². The van der Waals surface area contributed by atoms with Crippen LogP contribution in [0.2, 0.25) is 0 Å². The van der Waals surface area contributed by atoms with Crippen molar-refractivity contribution in [1.29, 1.82) is 0 Å². The summed E-state index contributed by atoms with van der Waals surface area (Å²) in [4.78, 5) is 42.6. The minimum absolute atomic E-state index is 0.0512. The summed E-state index contributed by atoms with van der Waals surface area (Å²) >= 11 is 0. The molecule has 6 nitrogen and oxygen atoms in total. The highest BCUT2D eigenvalue weighted by Gasteiger charge is 2.25. The number of halogens is 1. The largest absolute Gasteiger partial charge is 0.328 e. The number of aromatic nitrogens is 2.